The molecule has 0 aliphatic carbocycles. The van der Waals surface area contributed by atoms with E-state index in [2.05, 4.69) is 32.7 Å². The highest BCUT2D eigenvalue weighted by atomic mass is 16.3. The summed E-state index contributed by atoms with van der Waals surface area (Å²) in [4.78, 5) is 14.5. The molecule has 0 N–H and O–H groups in total. The topological polar surface area (TPSA) is 33.5 Å². The molecule has 3 atom stereocenters. The minimum Gasteiger partial charge on any atom is -0.472 e. The van der Waals surface area contributed by atoms with Crippen molar-refractivity contribution in [1.29, 1.82) is 0 Å². The van der Waals surface area contributed by atoms with Crippen LogP contribution in [0.4, 0.5) is 0 Å². The Balaban J connectivity index is 2.02. The normalized spacial score (nSPS) is 32.4. The molecule has 0 bridgehead atoms. The lowest BCUT2D eigenvalue weighted by Gasteiger charge is -2.49. The van der Waals surface area contributed by atoms with Crippen LogP contribution in [0.1, 0.15) is 50.4 Å². The Hall–Kier alpha value is -1.09. The summed E-state index contributed by atoms with van der Waals surface area (Å²) < 4.78 is 4.98. The van der Waals surface area contributed by atoms with Gasteiger partial charge in [-0.2, -0.15) is 0 Å². The molecule has 2 rings (SSSR count). The number of rotatable bonds is 4. The van der Waals surface area contributed by atoms with E-state index in [1.54, 1.807) is 18.6 Å². The first-order chi connectivity index (χ1) is 8.95. The molecule has 1 aromatic heterocycles. The molecule has 3 nitrogen and oxygen atoms in total. The molecule has 0 spiro atoms. The van der Waals surface area contributed by atoms with Gasteiger partial charge >= 0.3 is 0 Å². The average Bonchev–Trinajstić information content (AvgIpc) is 2.92. The van der Waals surface area contributed by atoms with Gasteiger partial charge in [-0.25, -0.2) is 0 Å². The zero-order valence-corrected chi connectivity index (χ0v) is 12.5. The predicted octanol–water partition coefficient (Wildman–Crippen LogP) is 3.61. The van der Waals surface area contributed by atoms with Gasteiger partial charge in [0, 0.05) is 12.5 Å². The second-order valence-electron chi connectivity index (χ2n) is 6.29. The zero-order chi connectivity index (χ0) is 14.0. The molecule has 1 saturated heterocycles. The first-order valence-corrected chi connectivity index (χ1v) is 7.21. The summed E-state index contributed by atoms with van der Waals surface area (Å²) in [5.74, 6) is 0.860. The molecule has 2 heterocycles. The Morgan fingerprint density at radius 1 is 1.53 bits per heavy atom. The third-order valence-corrected chi connectivity index (χ3v) is 5.39. The van der Waals surface area contributed by atoms with E-state index in [4.69, 9.17) is 4.42 Å². The van der Waals surface area contributed by atoms with E-state index < -0.39 is 0 Å². The van der Waals surface area contributed by atoms with Crippen molar-refractivity contribution >= 4 is 5.78 Å². The molecule has 1 aliphatic rings. The van der Waals surface area contributed by atoms with E-state index in [9.17, 15) is 4.79 Å². The minimum atomic E-state index is 0.197. The van der Waals surface area contributed by atoms with Crippen LogP contribution in [0.5, 0.6) is 0 Å². The van der Waals surface area contributed by atoms with Crippen LogP contribution in [0.2, 0.25) is 0 Å². The van der Waals surface area contributed by atoms with Crippen LogP contribution >= 0.6 is 0 Å². The molecule has 0 saturated carbocycles. The number of carbonyl (C=O) groups is 1. The molecular weight excluding hydrogens is 238 g/mol. The lowest BCUT2D eigenvalue weighted by molar-refractivity contribution is -0.0000462. The second kappa shape index (κ2) is 5.49. The highest BCUT2D eigenvalue weighted by Gasteiger charge is 2.41. The quantitative estimate of drug-likeness (QED) is 0.778. The van der Waals surface area contributed by atoms with Crippen LogP contribution in [-0.2, 0) is 0 Å². The van der Waals surface area contributed by atoms with E-state index >= 15 is 0 Å². The SMILES string of the molecule is CC1CCN(C)C(C)C1(C)CCC(=O)c1ccoc1. The fourth-order valence-corrected chi connectivity index (χ4v) is 3.24. The van der Waals surface area contributed by atoms with Crippen LogP contribution in [-0.4, -0.2) is 30.3 Å². The Bertz CT molecular complexity index is 426. The van der Waals surface area contributed by atoms with Crippen molar-refractivity contribution in [3.05, 3.63) is 24.2 Å². The zero-order valence-electron chi connectivity index (χ0n) is 12.5. The van der Waals surface area contributed by atoms with Crippen LogP contribution < -0.4 is 0 Å². The van der Waals surface area contributed by atoms with E-state index in [0.717, 1.165) is 13.0 Å². The fraction of sp³-hybridized carbons (Fsp3) is 0.688. The molecular formula is C16H25NO2. The van der Waals surface area contributed by atoms with Gasteiger partial charge in [-0.1, -0.05) is 13.8 Å². The van der Waals surface area contributed by atoms with E-state index in [1.165, 1.54) is 6.42 Å². The van der Waals surface area contributed by atoms with Crippen molar-refractivity contribution in [2.75, 3.05) is 13.6 Å². The Labute approximate surface area is 116 Å². The number of ketones is 1. The summed E-state index contributed by atoms with van der Waals surface area (Å²) in [7, 11) is 2.19. The standard InChI is InChI=1S/C16H25NO2/c1-12-6-9-17(4)13(2)16(12,3)8-5-15(18)14-7-10-19-11-14/h7,10-13H,5-6,8-9H2,1-4H3. The fourth-order valence-electron chi connectivity index (χ4n) is 3.24. The molecule has 1 fully saturated rings. The summed E-state index contributed by atoms with van der Waals surface area (Å²) in [6.07, 6.45) is 5.89. The lowest BCUT2D eigenvalue weighted by atomic mass is 9.65. The second-order valence-corrected chi connectivity index (χ2v) is 6.29. The molecule has 3 unspecified atom stereocenters. The Morgan fingerprint density at radius 2 is 2.26 bits per heavy atom. The number of furan rings is 1. The predicted molar refractivity (Wildman–Crippen MR) is 76.3 cm³/mol. The van der Waals surface area contributed by atoms with Crippen LogP contribution in [0.25, 0.3) is 0 Å². The summed E-state index contributed by atoms with van der Waals surface area (Å²) in [6, 6.07) is 2.28. The highest BCUT2D eigenvalue weighted by Crippen LogP contribution is 2.43. The molecule has 106 valence electrons. The van der Waals surface area contributed by atoms with Crippen LogP contribution in [0, 0.1) is 11.3 Å². The minimum absolute atomic E-state index is 0.197. The summed E-state index contributed by atoms with van der Waals surface area (Å²) >= 11 is 0. The smallest absolute Gasteiger partial charge is 0.166 e. The van der Waals surface area contributed by atoms with Crippen molar-refractivity contribution in [2.45, 2.75) is 46.1 Å². The van der Waals surface area contributed by atoms with E-state index in [1.807, 2.05) is 0 Å². The molecule has 3 heteroatoms. The Morgan fingerprint density at radius 3 is 2.89 bits per heavy atom. The van der Waals surface area contributed by atoms with Gasteiger partial charge < -0.3 is 9.32 Å². The first-order valence-electron chi connectivity index (χ1n) is 7.21. The molecule has 1 aromatic rings. The number of likely N-dealkylation sites (tertiary alicyclic amines) is 1. The van der Waals surface area contributed by atoms with Crippen LogP contribution in [0.3, 0.4) is 0 Å². The molecule has 0 radical (unpaired) electrons. The average molecular weight is 263 g/mol. The first kappa shape index (κ1) is 14.3. The van der Waals surface area contributed by atoms with Crippen LogP contribution in [0.15, 0.2) is 23.0 Å². The number of hydrogen-bond donors (Lipinski definition) is 0. The van der Waals surface area contributed by atoms with Crippen molar-refractivity contribution in [3.8, 4) is 0 Å². The van der Waals surface area contributed by atoms with Gasteiger partial charge in [0.15, 0.2) is 5.78 Å². The Kier molecular flexibility index (Phi) is 4.14. The lowest BCUT2D eigenvalue weighted by Crippen LogP contribution is -2.51. The third kappa shape index (κ3) is 2.76. The summed E-state index contributed by atoms with van der Waals surface area (Å²) in [5.41, 5.74) is 0.917. The van der Waals surface area contributed by atoms with Gasteiger partial charge in [0.2, 0.25) is 0 Å². The molecule has 0 aromatic carbocycles. The maximum absolute atomic E-state index is 12.1. The van der Waals surface area contributed by atoms with Crippen molar-refractivity contribution in [3.63, 3.8) is 0 Å². The van der Waals surface area contributed by atoms with Gasteiger partial charge in [0.05, 0.1) is 11.8 Å². The van der Waals surface area contributed by atoms with Gasteiger partial charge in [0.1, 0.15) is 6.26 Å². The monoisotopic (exact) mass is 263 g/mol. The maximum Gasteiger partial charge on any atom is 0.166 e. The van der Waals surface area contributed by atoms with Gasteiger partial charge in [-0.3, -0.25) is 4.79 Å². The number of nitrogens with zero attached hydrogens (tertiary/aromatic N) is 1. The molecule has 1 aliphatic heterocycles. The van der Waals surface area contributed by atoms with E-state index in [0.29, 0.717) is 23.9 Å². The summed E-state index contributed by atoms with van der Waals surface area (Å²) in [6.45, 7) is 8.11. The van der Waals surface area contributed by atoms with E-state index in [-0.39, 0.29) is 11.2 Å². The molecule has 19 heavy (non-hydrogen) atoms. The number of hydrogen-bond acceptors (Lipinski definition) is 3. The van der Waals surface area contributed by atoms with Gasteiger partial charge in [-0.15, -0.1) is 0 Å². The van der Waals surface area contributed by atoms with Crippen molar-refractivity contribution in [1.82, 2.24) is 4.90 Å². The number of piperidine rings is 1. The maximum atomic E-state index is 12.1. The van der Waals surface area contributed by atoms with Gasteiger partial charge in [0.25, 0.3) is 0 Å². The summed E-state index contributed by atoms with van der Waals surface area (Å²) in [5, 5.41) is 0. The highest BCUT2D eigenvalue weighted by molar-refractivity contribution is 5.95. The number of carbonyl (C=O) groups excluding carboxylic acids is 1. The largest absolute Gasteiger partial charge is 0.472 e. The van der Waals surface area contributed by atoms with Gasteiger partial charge in [-0.05, 0) is 50.8 Å². The molecule has 0 amide bonds. The number of Topliss-reactive ketones (excluding diaryl/α,β-unsaturated/α-hetero) is 1. The third-order valence-electron chi connectivity index (χ3n) is 5.39. The van der Waals surface area contributed by atoms with Crippen molar-refractivity contribution < 1.29 is 9.21 Å². The van der Waals surface area contributed by atoms with Crippen molar-refractivity contribution in [2.24, 2.45) is 11.3 Å².